The minimum Gasteiger partial charge on any atom is -0.490 e. The maximum atomic E-state index is 11.7. The topological polar surface area (TPSA) is 104 Å². The molecule has 0 aliphatic carbocycles. The number of fused-ring (bicyclic) bond motifs is 1. The molecule has 138 valence electrons. The SMILES string of the molecule is CC(C)Oc1cc2c(OCC3C[C@@H](C)C(=O)N3)nccc2cc1C(N)=O. The summed E-state index contributed by atoms with van der Waals surface area (Å²) < 4.78 is 11.6. The molecule has 1 aromatic carbocycles. The van der Waals surface area contributed by atoms with Crippen molar-refractivity contribution in [3.8, 4) is 11.6 Å². The van der Waals surface area contributed by atoms with Crippen molar-refractivity contribution in [2.24, 2.45) is 11.7 Å². The van der Waals surface area contributed by atoms with Gasteiger partial charge in [0, 0.05) is 17.5 Å². The van der Waals surface area contributed by atoms with E-state index in [0.29, 0.717) is 23.8 Å². The molecule has 0 spiro atoms. The number of ether oxygens (including phenoxy) is 2. The summed E-state index contributed by atoms with van der Waals surface area (Å²) in [6.45, 7) is 5.98. The lowest BCUT2D eigenvalue weighted by molar-refractivity contribution is -0.122. The van der Waals surface area contributed by atoms with E-state index >= 15 is 0 Å². The molecule has 3 rings (SSSR count). The van der Waals surface area contributed by atoms with Gasteiger partial charge < -0.3 is 20.5 Å². The van der Waals surface area contributed by atoms with Crippen LogP contribution in [0, 0.1) is 5.92 Å². The van der Waals surface area contributed by atoms with Crippen LogP contribution in [-0.2, 0) is 4.79 Å². The third kappa shape index (κ3) is 3.71. The third-order valence-corrected chi connectivity index (χ3v) is 4.31. The summed E-state index contributed by atoms with van der Waals surface area (Å²) in [4.78, 5) is 27.7. The van der Waals surface area contributed by atoms with Gasteiger partial charge >= 0.3 is 0 Å². The highest BCUT2D eigenvalue weighted by molar-refractivity contribution is 6.01. The molecule has 2 heterocycles. The zero-order chi connectivity index (χ0) is 18.8. The Hall–Kier alpha value is -2.83. The summed E-state index contributed by atoms with van der Waals surface area (Å²) in [6.07, 6.45) is 2.24. The molecule has 7 heteroatoms. The number of nitrogens with two attached hydrogens (primary N) is 1. The Morgan fingerprint density at radius 2 is 2.19 bits per heavy atom. The molecule has 1 aliphatic rings. The number of rotatable bonds is 6. The maximum absolute atomic E-state index is 11.7. The normalized spacial score (nSPS) is 19.6. The fraction of sp³-hybridized carbons (Fsp3) is 0.421. The molecular weight excluding hydrogens is 334 g/mol. The van der Waals surface area contributed by atoms with Crippen molar-refractivity contribution in [2.45, 2.75) is 39.3 Å². The number of benzene rings is 1. The molecule has 0 saturated carbocycles. The van der Waals surface area contributed by atoms with Crippen molar-refractivity contribution < 1.29 is 19.1 Å². The second-order valence-electron chi connectivity index (χ2n) is 6.87. The van der Waals surface area contributed by atoms with E-state index in [2.05, 4.69) is 10.3 Å². The Morgan fingerprint density at radius 3 is 2.81 bits per heavy atom. The van der Waals surface area contributed by atoms with Crippen LogP contribution in [0.25, 0.3) is 10.8 Å². The number of nitrogens with zero attached hydrogens (tertiary/aromatic N) is 1. The first-order valence-electron chi connectivity index (χ1n) is 8.67. The Balaban J connectivity index is 1.90. The van der Waals surface area contributed by atoms with E-state index in [1.807, 2.05) is 20.8 Å². The second kappa shape index (κ2) is 7.19. The van der Waals surface area contributed by atoms with E-state index in [4.69, 9.17) is 15.2 Å². The number of hydrogen-bond donors (Lipinski definition) is 2. The highest BCUT2D eigenvalue weighted by Crippen LogP contribution is 2.31. The van der Waals surface area contributed by atoms with Crippen LogP contribution >= 0.6 is 0 Å². The van der Waals surface area contributed by atoms with E-state index in [1.54, 1.807) is 24.4 Å². The molecule has 2 aromatic rings. The first kappa shape index (κ1) is 18.0. The number of primary amides is 1. The summed E-state index contributed by atoms with van der Waals surface area (Å²) in [7, 11) is 0. The molecule has 1 saturated heterocycles. The smallest absolute Gasteiger partial charge is 0.252 e. The van der Waals surface area contributed by atoms with Gasteiger partial charge in [0.2, 0.25) is 11.8 Å². The minimum absolute atomic E-state index is 0.00625. The largest absolute Gasteiger partial charge is 0.490 e. The molecule has 26 heavy (non-hydrogen) atoms. The average Bonchev–Trinajstić information content (AvgIpc) is 2.89. The van der Waals surface area contributed by atoms with Gasteiger partial charge in [-0.25, -0.2) is 4.98 Å². The molecule has 1 aliphatic heterocycles. The number of pyridine rings is 1. The van der Waals surface area contributed by atoms with Crippen molar-refractivity contribution in [1.82, 2.24) is 10.3 Å². The van der Waals surface area contributed by atoms with Crippen LogP contribution in [0.5, 0.6) is 11.6 Å². The molecule has 2 amide bonds. The summed E-state index contributed by atoms with van der Waals surface area (Å²) in [5, 5.41) is 4.41. The van der Waals surface area contributed by atoms with E-state index in [0.717, 1.165) is 17.2 Å². The Labute approximate surface area is 151 Å². The number of carbonyl (C=O) groups excluding carboxylic acids is 2. The van der Waals surface area contributed by atoms with Gasteiger partial charge in [-0.3, -0.25) is 9.59 Å². The number of amides is 2. The van der Waals surface area contributed by atoms with Crippen LogP contribution < -0.4 is 20.5 Å². The van der Waals surface area contributed by atoms with E-state index in [9.17, 15) is 9.59 Å². The number of hydrogen-bond acceptors (Lipinski definition) is 5. The van der Waals surface area contributed by atoms with E-state index in [-0.39, 0.29) is 24.0 Å². The number of carbonyl (C=O) groups is 2. The summed E-state index contributed by atoms with van der Waals surface area (Å²) >= 11 is 0. The first-order chi connectivity index (χ1) is 12.3. The van der Waals surface area contributed by atoms with E-state index in [1.165, 1.54) is 0 Å². The van der Waals surface area contributed by atoms with Crippen molar-refractivity contribution >= 4 is 22.6 Å². The zero-order valence-electron chi connectivity index (χ0n) is 15.1. The van der Waals surface area contributed by atoms with Crippen LogP contribution in [0.1, 0.15) is 37.6 Å². The number of aromatic nitrogens is 1. The monoisotopic (exact) mass is 357 g/mol. The Bertz CT molecular complexity index is 850. The lowest BCUT2D eigenvalue weighted by atomic mass is 10.1. The van der Waals surface area contributed by atoms with Crippen LogP contribution in [0.15, 0.2) is 24.4 Å². The standard InChI is InChI=1S/C19H23N3O4/c1-10(2)26-16-8-14-12(7-15(16)17(20)23)4-5-21-19(14)25-9-13-6-11(3)18(24)22-13/h4-5,7-8,10-11,13H,6,9H2,1-3H3,(H2,20,23)(H,22,24)/t11-,13?/m1/s1. The maximum Gasteiger partial charge on any atom is 0.252 e. The molecule has 3 N–H and O–H groups in total. The minimum atomic E-state index is -0.551. The van der Waals surface area contributed by atoms with Gasteiger partial charge in [0.15, 0.2) is 0 Å². The third-order valence-electron chi connectivity index (χ3n) is 4.31. The van der Waals surface area contributed by atoms with Gasteiger partial charge in [-0.1, -0.05) is 6.92 Å². The Kier molecular flexibility index (Phi) is 4.97. The predicted octanol–water partition coefficient (Wildman–Crippen LogP) is 2.02. The van der Waals surface area contributed by atoms with Crippen LogP contribution in [0.2, 0.25) is 0 Å². The van der Waals surface area contributed by atoms with Crippen LogP contribution in [-0.4, -0.2) is 35.6 Å². The Morgan fingerprint density at radius 1 is 1.42 bits per heavy atom. The van der Waals surface area contributed by atoms with Gasteiger partial charge in [0.1, 0.15) is 12.4 Å². The lowest BCUT2D eigenvalue weighted by Crippen LogP contribution is -2.31. The predicted molar refractivity (Wildman–Crippen MR) is 97.2 cm³/mol. The fourth-order valence-electron chi connectivity index (χ4n) is 3.06. The average molecular weight is 357 g/mol. The van der Waals surface area contributed by atoms with Gasteiger partial charge in [-0.05, 0) is 43.9 Å². The second-order valence-corrected chi connectivity index (χ2v) is 6.87. The van der Waals surface area contributed by atoms with Crippen molar-refractivity contribution in [1.29, 1.82) is 0 Å². The molecule has 2 atom stereocenters. The molecule has 7 nitrogen and oxygen atoms in total. The quantitative estimate of drug-likeness (QED) is 0.823. The highest BCUT2D eigenvalue weighted by Gasteiger charge is 2.28. The van der Waals surface area contributed by atoms with Crippen molar-refractivity contribution in [3.05, 3.63) is 30.0 Å². The van der Waals surface area contributed by atoms with Gasteiger partial charge in [0.05, 0.1) is 17.7 Å². The molecule has 0 bridgehead atoms. The highest BCUT2D eigenvalue weighted by atomic mass is 16.5. The number of nitrogens with one attached hydrogen (secondary N) is 1. The molecular formula is C19H23N3O4. The zero-order valence-corrected chi connectivity index (χ0v) is 15.1. The van der Waals surface area contributed by atoms with Crippen LogP contribution in [0.3, 0.4) is 0 Å². The first-order valence-corrected chi connectivity index (χ1v) is 8.67. The van der Waals surface area contributed by atoms with Crippen molar-refractivity contribution in [3.63, 3.8) is 0 Å². The van der Waals surface area contributed by atoms with Crippen LogP contribution in [0.4, 0.5) is 0 Å². The molecule has 1 fully saturated rings. The van der Waals surface area contributed by atoms with Gasteiger partial charge in [-0.2, -0.15) is 0 Å². The molecule has 0 radical (unpaired) electrons. The van der Waals surface area contributed by atoms with E-state index < -0.39 is 5.91 Å². The fourth-order valence-corrected chi connectivity index (χ4v) is 3.06. The summed E-state index contributed by atoms with van der Waals surface area (Å²) in [5.74, 6) is 0.322. The lowest BCUT2D eigenvalue weighted by Gasteiger charge is -2.16. The summed E-state index contributed by atoms with van der Waals surface area (Å²) in [6, 6.07) is 5.16. The molecule has 1 aromatic heterocycles. The van der Waals surface area contributed by atoms with Gasteiger partial charge in [-0.15, -0.1) is 0 Å². The van der Waals surface area contributed by atoms with Gasteiger partial charge in [0.25, 0.3) is 5.91 Å². The summed E-state index contributed by atoms with van der Waals surface area (Å²) in [5.41, 5.74) is 5.80. The molecule has 1 unspecified atom stereocenters. The van der Waals surface area contributed by atoms with Crippen molar-refractivity contribution in [2.75, 3.05) is 6.61 Å².